The Morgan fingerprint density at radius 3 is 2.56 bits per heavy atom. The molecular weight excluding hydrogens is 402 g/mol. The number of piperidine rings is 1. The predicted octanol–water partition coefficient (Wildman–Crippen LogP) is 4.32. The molecule has 1 aliphatic heterocycles. The van der Waals surface area contributed by atoms with Crippen LogP contribution in [0.25, 0.3) is 11.2 Å². The van der Waals surface area contributed by atoms with E-state index >= 15 is 0 Å². The number of H-pyrrole nitrogens is 1. The van der Waals surface area contributed by atoms with Crippen molar-refractivity contribution in [3.63, 3.8) is 0 Å². The molecule has 3 heterocycles. The van der Waals surface area contributed by atoms with Gasteiger partial charge in [0.1, 0.15) is 5.52 Å². The Hall–Kier alpha value is -3.65. The minimum Gasteiger partial charge on any atom is -0.381 e. The van der Waals surface area contributed by atoms with Crippen LogP contribution in [0.4, 0.5) is 23.1 Å². The first-order chi connectivity index (χ1) is 15.8. The zero-order valence-electron chi connectivity index (χ0n) is 18.1. The number of rotatable bonds is 7. The van der Waals surface area contributed by atoms with Gasteiger partial charge in [0.15, 0.2) is 11.5 Å². The predicted molar refractivity (Wildman–Crippen MR) is 127 cm³/mol. The fourth-order valence-corrected chi connectivity index (χ4v) is 4.03. The van der Waals surface area contributed by atoms with Gasteiger partial charge >= 0.3 is 0 Å². The van der Waals surface area contributed by atoms with E-state index in [9.17, 15) is 0 Å². The van der Waals surface area contributed by atoms with Gasteiger partial charge in [-0.25, -0.2) is 4.98 Å². The summed E-state index contributed by atoms with van der Waals surface area (Å²) >= 11 is 0. The number of nitrogens with zero attached hydrogens (tertiary/aromatic N) is 4. The summed E-state index contributed by atoms with van der Waals surface area (Å²) in [5.74, 6) is 1.23. The SMILES string of the molecule is COC1CCN(c2ccc(Nc3nc(NCc4ccccc4)c4[nH]cnc4n3)cc2)CC1. The van der Waals surface area contributed by atoms with Gasteiger partial charge in [-0.3, -0.25) is 0 Å². The highest BCUT2D eigenvalue weighted by atomic mass is 16.5. The van der Waals surface area contributed by atoms with E-state index in [2.05, 4.69) is 71.9 Å². The van der Waals surface area contributed by atoms with Crippen molar-refractivity contribution in [2.24, 2.45) is 0 Å². The maximum absolute atomic E-state index is 5.47. The lowest BCUT2D eigenvalue weighted by atomic mass is 10.1. The summed E-state index contributed by atoms with van der Waals surface area (Å²) in [5, 5.41) is 6.71. The van der Waals surface area contributed by atoms with Crippen LogP contribution in [0.15, 0.2) is 60.9 Å². The average molecular weight is 430 g/mol. The van der Waals surface area contributed by atoms with Crippen LogP contribution in [0.5, 0.6) is 0 Å². The lowest BCUT2D eigenvalue weighted by molar-refractivity contribution is 0.0819. The number of ether oxygens (including phenoxy) is 1. The topological polar surface area (TPSA) is 91.0 Å². The molecule has 0 spiro atoms. The highest BCUT2D eigenvalue weighted by molar-refractivity contribution is 5.84. The first-order valence-electron chi connectivity index (χ1n) is 10.9. The lowest BCUT2D eigenvalue weighted by Crippen LogP contribution is -2.36. The van der Waals surface area contributed by atoms with E-state index in [0.29, 0.717) is 24.2 Å². The molecule has 0 amide bonds. The largest absolute Gasteiger partial charge is 0.381 e. The molecular formula is C24H27N7O. The van der Waals surface area contributed by atoms with Crippen LogP contribution in [0.2, 0.25) is 0 Å². The Morgan fingerprint density at radius 1 is 1.03 bits per heavy atom. The highest BCUT2D eigenvalue weighted by Gasteiger charge is 2.19. The molecule has 0 saturated carbocycles. The molecule has 8 nitrogen and oxygen atoms in total. The van der Waals surface area contributed by atoms with Crippen molar-refractivity contribution in [3.8, 4) is 0 Å². The molecule has 4 aromatic rings. The van der Waals surface area contributed by atoms with Gasteiger partial charge < -0.3 is 25.3 Å². The van der Waals surface area contributed by atoms with Gasteiger partial charge in [-0.1, -0.05) is 30.3 Å². The number of aromatic nitrogens is 4. The van der Waals surface area contributed by atoms with E-state index in [4.69, 9.17) is 4.74 Å². The maximum Gasteiger partial charge on any atom is 0.231 e. The van der Waals surface area contributed by atoms with E-state index < -0.39 is 0 Å². The minimum absolute atomic E-state index is 0.381. The summed E-state index contributed by atoms with van der Waals surface area (Å²) in [5.41, 5.74) is 4.75. The van der Waals surface area contributed by atoms with Crippen LogP contribution in [0.3, 0.4) is 0 Å². The Balaban J connectivity index is 1.29. The first-order valence-corrected chi connectivity index (χ1v) is 10.9. The Morgan fingerprint density at radius 2 is 1.81 bits per heavy atom. The second kappa shape index (κ2) is 9.23. The number of methoxy groups -OCH3 is 1. The second-order valence-corrected chi connectivity index (χ2v) is 7.93. The number of hydrogen-bond acceptors (Lipinski definition) is 7. The third kappa shape index (κ3) is 4.50. The van der Waals surface area contributed by atoms with Crippen molar-refractivity contribution in [2.45, 2.75) is 25.5 Å². The second-order valence-electron chi connectivity index (χ2n) is 7.93. The Kier molecular flexibility index (Phi) is 5.85. The molecule has 0 radical (unpaired) electrons. The zero-order valence-corrected chi connectivity index (χ0v) is 18.1. The quantitative estimate of drug-likeness (QED) is 0.403. The van der Waals surface area contributed by atoms with Crippen LogP contribution >= 0.6 is 0 Å². The molecule has 1 fully saturated rings. The summed E-state index contributed by atoms with van der Waals surface area (Å²) in [7, 11) is 1.80. The summed E-state index contributed by atoms with van der Waals surface area (Å²) in [4.78, 5) is 19.1. The molecule has 1 saturated heterocycles. The van der Waals surface area contributed by atoms with Crippen LogP contribution in [0.1, 0.15) is 18.4 Å². The number of imidazole rings is 1. The maximum atomic E-state index is 5.47. The number of nitrogens with one attached hydrogen (secondary N) is 3. The minimum atomic E-state index is 0.381. The summed E-state index contributed by atoms with van der Waals surface area (Å²) in [6.45, 7) is 2.70. The van der Waals surface area contributed by atoms with Crippen molar-refractivity contribution >= 4 is 34.3 Å². The standard InChI is InChI=1S/C24H27N7O/c1-32-20-11-13-31(14-12-20)19-9-7-18(8-10-19)28-24-29-22(21-23(30-24)27-16-26-21)25-15-17-5-3-2-4-6-17/h2-10,16,20H,11-15H2,1H3,(H3,25,26,27,28,29,30). The third-order valence-corrected chi connectivity index (χ3v) is 5.85. The van der Waals surface area contributed by atoms with Crippen molar-refractivity contribution in [1.82, 2.24) is 19.9 Å². The first kappa shape index (κ1) is 20.3. The van der Waals surface area contributed by atoms with Crippen LogP contribution < -0.4 is 15.5 Å². The molecule has 164 valence electrons. The molecule has 32 heavy (non-hydrogen) atoms. The van der Waals surface area contributed by atoms with Crippen molar-refractivity contribution in [2.75, 3.05) is 35.7 Å². The van der Waals surface area contributed by atoms with Crippen LogP contribution in [-0.4, -0.2) is 46.2 Å². The van der Waals surface area contributed by atoms with E-state index in [-0.39, 0.29) is 0 Å². The third-order valence-electron chi connectivity index (χ3n) is 5.85. The number of anilines is 4. The molecule has 8 heteroatoms. The fourth-order valence-electron chi connectivity index (χ4n) is 4.03. The summed E-state index contributed by atoms with van der Waals surface area (Å²) < 4.78 is 5.47. The molecule has 2 aromatic heterocycles. The smallest absolute Gasteiger partial charge is 0.231 e. The molecule has 3 N–H and O–H groups in total. The molecule has 0 bridgehead atoms. The average Bonchev–Trinajstić information content (AvgIpc) is 3.33. The fraction of sp³-hybridized carbons (Fsp3) is 0.292. The van der Waals surface area contributed by atoms with Crippen molar-refractivity contribution in [3.05, 3.63) is 66.5 Å². The van der Waals surface area contributed by atoms with Gasteiger partial charge in [-0.15, -0.1) is 0 Å². The van der Waals surface area contributed by atoms with Crippen molar-refractivity contribution < 1.29 is 4.74 Å². The molecule has 5 rings (SSSR count). The highest BCUT2D eigenvalue weighted by Crippen LogP contribution is 2.25. The van der Waals surface area contributed by atoms with Gasteiger partial charge in [-0.05, 0) is 42.7 Å². The van der Waals surface area contributed by atoms with E-state index in [1.54, 1.807) is 13.4 Å². The van der Waals surface area contributed by atoms with E-state index in [1.807, 2.05) is 18.2 Å². The zero-order chi connectivity index (χ0) is 21.8. The lowest BCUT2D eigenvalue weighted by Gasteiger charge is -2.33. The summed E-state index contributed by atoms with van der Waals surface area (Å²) in [6.07, 6.45) is 4.14. The number of fused-ring (bicyclic) bond motifs is 1. The molecule has 0 aliphatic carbocycles. The van der Waals surface area contributed by atoms with E-state index in [0.717, 1.165) is 43.0 Å². The molecule has 0 atom stereocenters. The normalized spacial score (nSPS) is 14.6. The van der Waals surface area contributed by atoms with Gasteiger partial charge in [-0.2, -0.15) is 9.97 Å². The number of hydrogen-bond donors (Lipinski definition) is 3. The number of aromatic amines is 1. The Labute approximate surface area is 187 Å². The van der Waals surface area contributed by atoms with Gasteiger partial charge in [0.25, 0.3) is 0 Å². The van der Waals surface area contributed by atoms with Gasteiger partial charge in [0.2, 0.25) is 5.95 Å². The van der Waals surface area contributed by atoms with Crippen molar-refractivity contribution in [1.29, 1.82) is 0 Å². The molecule has 0 unspecified atom stereocenters. The Bertz CT molecular complexity index is 1150. The molecule has 1 aliphatic rings. The van der Waals surface area contributed by atoms with Gasteiger partial charge in [0.05, 0.1) is 12.4 Å². The van der Waals surface area contributed by atoms with E-state index in [1.165, 1.54) is 11.3 Å². The summed E-state index contributed by atoms with van der Waals surface area (Å²) in [6, 6.07) is 18.6. The van der Waals surface area contributed by atoms with Crippen LogP contribution in [0, 0.1) is 0 Å². The monoisotopic (exact) mass is 429 g/mol. The molecule has 2 aromatic carbocycles. The van der Waals surface area contributed by atoms with Crippen LogP contribution in [-0.2, 0) is 11.3 Å². The van der Waals surface area contributed by atoms with Gasteiger partial charge in [0, 0.05) is 38.1 Å². The number of benzene rings is 2.